The number of carbonyl (C=O) groups is 2. The molecule has 2 fully saturated rings. The number of ether oxygens (including phenoxy) is 1. The van der Waals surface area contributed by atoms with E-state index >= 15 is 0 Å². The van der Waals surface area contributed by atoms with Gasteiger partial charge in [0.1, 0.15) is 5.75 Å². The molecule has 5 nitrogen and oxygen atoms in total. The van der Waals surface area contributed by atoms with E-state index in [2.05, 4.69) is 18.3 Å². The van der Waals surface area contributed by atoms with Crippen LogP contribution in [0.25, 0.3) is 0 Å². The van der Waals surface area contributed by atoms with Crippen LogP contribution < -0.4 is 10.1 Å². The summed E-state index contributed by atoms with van der Waals surface area (Å²) in [6, 6.07) is 18.1. The number of carbonyl (C=O) groups excluding carboxylic acids is 2. The molecule has 0 aromatic heterocycles. The van der Waals surface area contributed by atoms with Gasteiger partial charge in [-0.05, 0) is 55.4 Å². The van der Waals surface area contributed by atoms with Gasteiger partial charge in [0.15, 0.2) is 0 Å². The van der Waals surface area contributed by atoms with E-state index in [9.17, 15) is 9.59 Å². The lowest BCUT2D eigenvalue weighted by Gasteiger charge is -2.37. The number of nitrogens with zero attached hydrogens (tertiary/aromatic N) is 1. The van der Waals surface area contributed by atoms with Gasteiger partial charge >= 0.3 is 0 Å². The summed E-state index contributed by atoms with van der Waals surface area (Å²) < 4.78 is 5.41. The summed E-state index contributed by atoms with van der Waals surface area (Å²) in [6.07, 6.45) is 6.28. The first-order valence-corrected chi connectivity index (χ1v) is 12.4. The molecule has 1 heterocycles. The molecule has 1 saturated carbocycles. The summed E-state index contributed by atoms with van der Waals surface area (Å²) in [5, 5.41) is 3.35. The van der Waals surface area contributed by atoms with Crippen LogP contribution in [0.15, 0.2) is 54.6 Å². The van der Waals surface area contributed by atoms with E-state index in [1.54, 1.807) is 7.11 Å². The number of nitrogens with one attached hydrogen (secondary N) is 1. The summed E-state index contributed by atoms with van der Waals surface area (Å²) >= 11 is 0. The molecule has 1 N–H and O–H groups in total. The zero-order valence-electron chi connectivity index (χ0n) is 19.9. The fraction of sp³-hybridized carbons (Fsp3) is 0.500. The molecule has 0 bridgehead atoms. The van der Waals surface area contributed by atoms with E-state index in [1.807, 2.05) is 53.4 Å². The highest BCUT2D eigenvalue weighted by Crippen LogP contribution is 2.42. The van der Waals surface area contributed by atoms with Crippen LogP contribution in [-0.2, 0) is 15.0 Å². The maximum atomic E-state index is 13.6. The lowest BCUT2D eigenvalue weighted by atomic mass is 9.77. The molecule has 33 heavy (non-hydrogen) atoms. The summed E-state index contributed by atoms with van der Waals surface area (Å²) in [4.78, 5) is 28.7. The Balaban J connectivity index is 1.39. The second-order valence-corrected chi connectivity index (χ2v) is 9.47. The maximum Gasteiger partial charge on any atom is 0.230 e. The van der Waals surface area contributed by atoms with Gasteiger partial charge in [-0.2, -0.15) is 0 Å². The third-order valence-corrected chi connectivity index (χ3v) is 7.56. The van der Waals surface area contributed by atoms with Gasteiger partial charge in [-0.15, -0.1) is 0 Å². The fourth-order valence-electron chi connectivity index (χ4n) is 5.57. The van der Waals surface area contributed by atoms with Gasteiger partial charge in [-0.3, -0.25) is 9.59 Å². The molecule has 5 heteroatoms. The third kappa shape index (κ3) is 4.92. The van der Waals surface area contributed by atoms with Crippen LogP contribution in [0.4, 0.5) is 0 Å². The van der Waals surface area contributed by atoms with Crippen molar-refractivity contribution in [3.05, 3.63) is 65.7 Å². The number of amides is 2. The van der Waals surface area contributed by atoms with Crippen molar-refractivity contribution in [1.82, 2.24) is 10.2 Å². The monoisotopic (exact) mass is 448 g/mol. The van der Waals surface area contributed by atoms with Crippen molar-refractivity contribution in [2.45, 2.75) is 69.2 Å². The molecule has 2 aromatic carbocycles. The highest BCUT2D eigenvalue weighted by atomic mass is 16.5. The van der Waals surface area contributed by atoms with Crippen molar-refractivity contribution < 1.29 is 14.3 Å². The van der Waals surface area contributed by atoms with E-state index in [0.29, 0.717) is 13.1 Å². The summed E-state index contributed by atoms with van der Waals surface area (Å²) in [6.45, 7) is 3.46. The SMILES string of the molecule is CCC(C(=O)N1CCC(NC(=O)C2(c3cccc(OC)c3)CCCC2)CC1)c1ccccc1. The molecule has 4 rings (SSSR count). The molecule has 0 spiro atoms. The van der Waals surface area contributed by atoms with Crippen LogP contribution in [0.3, 0.4) is 0 Å². The first-order chi connectivity index (χ1) is 16.1. The van der Waals surface area contributed by atoms with Gasteiger partial charge in [0.05, 0.1) is 18.4 Å². The molecule has 2 aliphatic rings. The zero-order chi connectivity index (χ0) is 23.3. The standard InChI is InChI=1S/C28H36N2O3/c1-3-25(21-10-5-4-6-11-21)26(31)30-18-14-23(15-19-30)29-27(32)28(16-7-8-17-28)22-12-9-13-24(20-22)33-2/h4-6,9-13,20,23,25H,3,7-8,14-19H2,1-2H3,(H,29,32). The predicted octanol–water partition coefficient (Wildman–Crippen LogP) is 4.81. The molecule has 1 atom stereocenters. The van der Waals surface area contributed by atoms with E-state index < -0.39 is 5.41 Å². The van der Waals surface area contributed by atoms with Crippen LogP contribution in [-0.4, -0.2) is 43.0 Å². The van der Waals surface area contributed by atoms with Crippen LogP contribution in [0.5, 0.6) is 5.75 Å². The highest BCUT2D eigenvalue weighted by molar-refractivity contribution is 5.89. The van der Waals surface area contributed by atoms with E-state index in [1.165, 1.54) is 0 Å². The quantitative estimate of drug-likeness (QED) is 0.661. The van der Waals surface area contributed by atoms with Crippen LogP contribution in [0, 0.1) is 0 Å². The maximum absolute atomic E-state index is 13.6. The average Bonchev–Trinajstić information content (AvgIpc) is 3.37. The van der Waals surface area contributed by atoms with Crippen molar-refractivity contribution in [2.75, 3.05) is 20.2 Å². The predicted molar refractivity (Wildman–Crippen MR) is 130 cm³/mol. The number of methoxy groups -OCH3 is 1. The minimum atomic E-state index is -0.470. The van der Waals surface area contributed by atoms with Crippen molar-refractivity contribution in [1.29, 1.82) is 0 Å². The molecule has 1 aliphatic heterocycles. The lowest BCUT2D eigenvalue weighted by Crippen LogP contribution is -2.51. The second kappa shape index (κ2) is 10.4. The summed E-state index contributed by atoms with van der Waals surface area (Å²) in [7, 11) is 1.66. The number of hydrogen-bond donors (Lipinski definition) is 1. The first-order valence-electron chi connectivity index (χ1n) is 12.4. The van der Waals surface area contributed by atoms with Gasteiger partial charge in [-0.25, -0.2) is 0 Å². The molecule has 1 unspecified atom stereocenters. The second-order valence-electron chi connectivity index (χ2n) is 9.47. The summed E-state index contributed by atoms with van der Waals surface area (Å²) in [5.74, 6) is 1.04. The molecular formula is C28H36N2O3. The van der Waals surface area contributed by atoms with Crippen molar-refractivity contribution in [2.24, 2.45) is 0 Å². The Morgan fingerprint density at radius 2 is 1.76 bits per heavy atom. The average molecular weight is 449 g/mol. The van der Waals surface area contributed by atoms with Gasteiger partial charge in [-0.1, -0.05) is 62.2 Å². The third-order valence-electron chi connectivity index (χ3n) is 7.56. The van der Waals surface area contributed by atoms with E-state index in [0.717, 1.165) is 61.8 Å². The Hall–Kier alpha value is -2.82. The van der Waals surface area contributed by atoms with Crippen LogP contribution in [0.1, 0.15) is 68.9 Å². The normalized spacial score (nSPS) is 19.2. The zero-order valence-corrected chi connectivity index (χ0v) is 19.9. The Bertz CT molecular complexity index is 945. The first kappa shape index (κ1) is 23.3. The Morgan fingerprint density at radius 1 is 1.06 bits per heavy atom. The molecule has 1 aliphatic carbocycles. The molecule has 2 amide bonds. The topological polar surface area (TPSA) is 58.6 Å². The Kier molecular flexibility index (Phi) is 7.36. The Morgan fingerprint density at radius 3 is 2.39 bits per heavy atom. The number of benzene rings is 2. The lowest BCUT2D eigenvalue weighted by molar-refractivity contribution is -0.134. The highest BCUT2D eigenvalue weighted by Gasteiger charge is 2.43. The van der Waals surface area contributed by atoms with Crippen molar-refractivity contribution in [3.63, 3.8) is 0 Å². The molecule has 2 aromatic rings. The number of hydrogen-bond acceptors (Lipinski definition) is 3. The van der Waals surface area contributed by atoms with E-state index in [4.69, 9.17) is 4.74 Å². The van der Waals surface area contributed by atoms with Crippen molar-refractivity contribution in [3.8, 4) is 5.75 Å². The minimum Gasteiger partial charge on any atom is -0.497 e. The van der Waals surface area contributed by atoms with Gasteiger partial charge in [0.2, 0.25) is 11.8 Å². The van der Waals surface area contributed by atoms with Crippen LogP contribution in [0.2, 0.25) is 0 Å². The van der Waals surface area contributed by atoms with Crippen molar-refractivity contribution >= 4 is 11.8 Å². The summed E-state index contributed by atoms with van der Waals surface area (Å²) in [5.41, 5.74) is 1.67. The fourth-order valence-corrected chi connectivity index (χ4v) is 5.57. The van der Waals surface area contributed by atoms with Crippen LogP contribution >= 0.6 is 0 Å². The van der Waals surface area contributed by atoms with Gasteiger partial charge in [0.25, 0.3) is 0 Å². The minimum absolute atomic E-state index is 0.0906. The van der Waals surface area contributed by atoms with Gasteiger partial charge < -0.3 is 15.0 Å². The Labute approximate surface area is 197 Å². The molecule has 1 saturated heterocycles. The smallest absolute Gasteiger partial charge is 0.230 e. The molecular weight excluding hydrogens is 412 g/mol. The molecule has 176 valence electrons. The largest absolute Gasteiger partial charge is 0.497 e. The molecule has 0 radical (unpaired) electrons. The number of piperidine rings is 1. The number of likely N-dealkylation sites (tertiary alicyclic amines) is 1. The van der Waals surface area contributed by atoms with Gasteiger partial charge in [0, 0.05) is 19.1 Å². The number of rotatable bonds is 7. The van der Waals surface area contributed by atoms with E-state index in [-0.39, 0.29) is 23.8 Å².